The molecule has 2 aromatic rings. The molecule has 0 saturated heterocycles. The first-order chi connectivity index (χ1) is 19.9. The van der Waals surface area contributed by atoms with E-state index in [1.165, 1.54) is 96.4 Å². The second kappa shape index (κ2) is 19.7. The van der Waals surface area contributed by atoms with E-state index in [1.807, 2.05) is 54.6 Å². The minimum Gasteiger partial charge on any atom is -1.00 e. The predicted octanol–water partition coefficient (Wildman–Crippen LogP) is 7.74. The Morgan fingerprint density at radius 2 is 1.12 bits per heavy atom. The second-order valence-corrected chi connectivity index (χ2v) is 12.6. The molecule has 3 nitrogen and oxygen atoms in total. The molecule has 2 aliphatic rings. The van der Waals surface area contributed by atoms with Crippen LogP contribution in [0.5, 0.6) is 0 Å². The Balaban J connectivity index is 0.000000288. The molecule has 42 heavy (non-hydrogen) atoms. The number of rotatable bonds is 16. The Morgan fingerprint density at radius 3 is 1.69 bits per heavy atom. The topological polar surface area (TPSA) is 30.2 Å². The Bertz CT molecular complexity index is 1290. The van der Waals surface area contributed by atoms with Gasteiger partial charge in [0.15, 0.2) is 5.43 Å². The highest BCUT2D eigenvalue weighted by molar-refractivity contribution is 5.89. The van der Waals surface area contributed by atoms with Crippen LogP contribution in [0.4, 0.5) is 0 Å². The van der Waals surface area contributed by atoms with Crippen LogP contribution in [0.2, 0.25) is 0 Å². The van der Waals surface area contributed by atoms with Crippen molar-refractivity contribution in [3.63, 3.8) is 0 Å². The summed E-state index contributed by atoms with van der Waals surface area (Å²) >= 11 is 0. The van der Waals surface area contributed by atoms with Gasteiger partial charge in [0.1, 0.15) is 11.3 Å². The van der Waals surface area contributed by atoms with Gasteiger partial charge in [-0.1, -0.05) is 133 Å². The van der Waals surface area contributed by atoms with E-state index < -0.39 is 0 Å². The van der Waals surface area contributed by atoms with Crippen LogP contribution < -0.4 is 22.4 Å². The van der Waals surface area contributed by atoms with Gasteiger partial charge in [-0.05, 0) is 42.2 Å². The predicted molar refractivity (Wildman–Crippen MR) is 178 cm³/mol. The van der Waals surface area contributed by atoms with Crippen molar-refractivity contribution in [2.24, 2.45) is 0 Å². The molecular weight excluding hydrogens is 582 g/mol. The molecule has 1 heterocycles. The number of halogens is 1. The number of unbranched alkanes of at least 4 members (excludes halogenated alkanes) is 13. The quantitative estimate of drug-likeness (QED) is 0.0716. The summed E-state index contributed by atoms with van der Waals surface area (Å²) in [5.41, 5.74) is 3.63. The van der Waals surface area contributed by atoms with E-state index in [1.54, 1.807) is 12.1 Å². The summed E-state index contributed by atoms with van der Waals surface area (Å²) in [6.07, 6.45) is 20.4. The Labute approximate surface area is 266 Å². The lowest BCUT2D eigenvalue weighted by atomic mass is 9.96. The van der Waals surface area contributed by atoms with E-state index in [2.05, 4.69) is 34.1 Å². The van der Waals surface area contributed by atoms with Gasteiger partial charge < -0.3 is 25.9 Å². The number of hydrogen-bond acceptors (Lipinski definition) is 2. The summed E-state index contributed by atoms with van der Waals surface area (Å²) in [5.74, 6) is 0.625. The third-order valence-electron chi connectivity index (χ3n) is 7.82. The summed E-state index contributed by atoms with van der Waals surface area (Å²) in [7, 11) is 6.88. The van der Waals surface area contributed by atoms with Gasteiger partial charge >= 0.3 is 0 Å². The molecular formula is C38H54BrNO2. The van der Waals surface area contributed by atoms with Gasteiger partial charge in [-0.15, -0.1) is 0 Å². The summed E-state index contributed by atoms with van der Waals surface area (Å²) in [4.78, 5) is 12.0. The molecule has 0 bridgehead atoms. The standard InChI is InChI=1S/C19H42N.C19H12O2.BrH/c1-5-6-7-8-9-10-11-12-13-14-15-16-17-18-19-20(2,3)4;20-15-11-16(13-6-2-1-3-7-13)17-10-14-8-4-5-9-18(14)21-19(17)12-15;/h5-19H2,1-4H3;1-12H;1H/q+1;;/p-1. The minimum absolute atomic E-state index is 0. The van der Waals surface area contributed by atoms with Crippen molar-refractivity contribution in [1.29, 1.82) is 0 Å². The van der Waals surface area contributed by atoms with Gasteiger partial charge in [0.2, 0.25) is 0 Å². The maximum Gasteiger partial charge on any atom is 0.183 e. The van der Waals surface area contributed by atoms with Crippen LogP contribution >= 0.6 is 0 Å². The van der Waals surface area contributed by atoms with Crippen molar-refractivity contribution < 1.29 is 25.9 Å². The van der Waals surface area contributed by atoms with Gasteiger partial charge in [0.25, 0.3) is 0 Å². The smallest absolute Gasteiger partial charge is 0.183 e. The Hall–Kier alpha value is -2.43. The number of benzene rings is 3. The molecule has 0 spiro atoms. The summed E-state index contributed by atoms with van der Waals surface area (Å²) in [5, 5.41) is 1.03. The van der Waals surface area contributed by atoms with E-state index in [9.17, 15) is 4.79 Å². The molecule has 0 fully saturated rings. The van der Waals surface area contributed by atoms with Crippen molar-refractivity contribution >= 4 is 11.0 Å². The fourth-order valence-corrected chi connectivity index (χ4v) is 5.44. The molecule has 0 saturated carbocycles. The average molecular weight is 637 g/mol. The van der Waals surface area contributed by atoms with Crippen LogP contribution in [-0.4, -0.2) is 32.2 Å². The molecule has 4 heteroatoms. The fourth-order valence-electron chi connectivity index (χ4n) is 5.44. The fraction of sp³-hybridized carbons (Fsp3) is 0.500. The third kappa shape index (κ3) is 13.3. The van der Waals surface area contributed by atoms with Crippen LogP contribution in [0.15, 0.2) is 82.0 Å². The first-order valence-corrected chi connectivity index (χ1v) is 16.2. The lowest BCUT2D eigenvalue weighted by Crippen LogP contribution is -3.00. The number of para-hydroxylation sites is 1. The molecule has 0 atom stereocenters. The zero-order valence-corrected chi connectivity index (χ0v) is 28.3. The first-order valence-electron chi connectivity index (χ1n) is 16.2. The van der Waals surface area contributed by atoms with Crippen LogP contribution in [0.1, 0.15) is 96.8 Å². The van der Waals surface area contributed by atoms with E-state index in [-0.39, 0.29) is 22.4 Å². The van der Waals surface area contributed by atoms with Gasteiger partial charge in [-0.2, -0.15) is 0 Å². The first kappa shape index (κ1) is 35.8. The molecule has 230 valence electrons. The van der Waals surface area contributed by atoms with Gasteiger partial charge in [-0.3, -0.25) is 4.79 Å². The molecule has 0 unspecified atom stereocenters. The lowest BCUT2D eigenvalue weighted by molar-refractivity contribution is -0.870. The minimum atomic E-state index is -0.0413. The largest absolute Gasteiger partial charge is 1.00 e. The molecule has 4 rings (SSSR count). The van der Waals surface area contributed by atoms with Crippen molar-refractivity contribution in [3.05, 3.63) is 83.0 Å². The Morgan fingerprint density at radius 1 is 0.595 bits per heavy atom. The maximum atomic E-state index is 12.0. The number of quaternary nitrogens is 1. The van der Waals surface area contributed by atoms with Crippen LogP contribution in [0.3, 0.4) is 0 Å². The number of hydrogen-bond donors (Lipinski definition) is 0. The lowest BCUT2D eigenvalue weighted by Gasteiger charge is -2.23. The summed E-state index contributed by atoms with van der Waals surface area (Å²) < 4.78 is 7.01. The SMILES string of the molecule is CCCCCCCCCCCCCCCC[N+](C)(C)C.O=c1cc2oc3ccccc3cc-2c(-c2ccccc2)c1.[Br-]. The molecule has 0 N–H and O–H groups in total. The van der Waals surface area contributed by atoms with Crippen molar-refractivity contribution in [1.82, 2.24) is 0 Å². The zero-order valence-electron chi connectivity index (χ0n) is 26.7. The molecule has 0 radical (unpaired) electrons. The zero-order chi connectivity index (χ0) is 29.3. The number of nitrogens with zero attached hydrogens (tertiary/aromatic N) is 1. The molecule has 0 amide bonds. The Kier molecular flexibility index (Phi) is 16.8. The van der Waals surface area contributed by atoms with Gasteiger partial charge in [0, 0.05) is 17.0 Å². The second-order valence-electron chi connectivity index (χ2n) is 12.6. The highest BCUT2D eigenvalue weighted by Gasteiger charge is 2.14. The molecule has 1 aliphatic carbocycles. The third-order valence-corrected chi connectivity index (χ3v) is 7.82. The van der Waals surface area contributed by atoms with Crippen molar-refractivity contribution in [3.8, 4) is 22.5 Å². The molecule has 0 aromatic heterocycles. The van der Waals surface area contributed by atoms with E-state index in [4.69, 9.17) is 4.42 Å². The summed E-state index contributed by atoms with van der Waals surface area (Å²) in [6.45, 7) is 3.63. The van der Waals surface area contributed by atoms with Crippen LogP contribution in [0, 0.1) is 0 Å². The van der Waals surface area contributed by atoms with E-state index >= 15 is 0 Å². The highest BCUT2D eigenvalue weighted by atomic mass is 79.9. The average Bonchev–Trinajstić information content (AvgIpc) is 2.96. The monoisotopic (exact) mass is 635 g/mol. The van der Waals surface area contributed by atoms with E-state index in [0.717, 1.165) is 32.1 Å². The van der Waals surface area contributed by atoms with Crippen molar-refractivity contribution in [2.75, 3.05) is 27.7 Å². The van der Waals surface area contributed by atoms with Crippen LogP contribution in [0.25, 0.3) is 33.4 Å². The normalized spacial score (nSPS) is 11.2. The van der Waals surface area contributed by atoms with Crippen LogP contribution in [-0.2, 0) is 0 Å². The maximum absolute atomic E-state index is 12.0. The van der Waals surface area contributed by atoms with Crippen molar-refractivity contribution in [2.45, 2.75) is 96.8 Å². The highest BCUT2D eigenvalue weighted by Crippen LogP contribution is 2.35. The summed E-state index contributed by atoms with van der Waals surface area (Å²) in [6, 6.07) is 23.0. The molecule has 2 aromatic carbocycles. The van der Waals surface area contributed by atoms with Gasteiger partial charge in [0.05, 0.1) is 27.7 Å². The molecule has 1 aliphatic heterocycles. The van der Waals surface area contributed by atoms with Gasteiger partial charge in [-0.25, -0.2) is 0 Å². The number of fused-ring (bicyclic) bond motifs is 2. The van der Waals surface area contributed by atoms with E-state index in [0.29, 0.717) is 5.76 Å².